The number of likely N-dealkylation sites (N-methyl/N-ethyl adjacent to an activating group) is 1. The predicted octanol–water partition coefficient (Wildman–Crippen LogP) is 3.72. The van der Waals surface area contributed by atoms with E-state index in [2.05, 4.69) is 23.0 Å². The second-order valence-electron chi connectivity index (χ2n) is 7.94. The molecule has 1 aliphatic carbocycles. The Bertz CT molecular complexity index is 1030. The first kappa shape index (κ1) is 16.5. The van der Waals surface area contributed by atoms with Crippen molar-refractivity contribution in [2.75, 3.05) is 26.7 Å². The first-order valence-corrected chi connectivity index (χ1v) is 9.52. The van der Waals surface area contributed by atoms with Crippen LogP contribution in [0.15, 0.2) is 46.9 Å². The van der Waals surface area contributed by atoms with Gasteiger partial charge in [-0.15, -0.1) is 0 Å². The zero-order valence-electron chi connectivity index (χ0n) is 15.7. The number of carbonyl (C=O) groups excluding carboxylic acids is 1. The lowest BCUT2D eigenvalue weighted by molar-refractivity contribution is 0.0497. The Morgan fingerprint density at radius 3 is 2.78 bits per heavy atom. The summed E-state index contributed by atoms with van der Waals surface area (Å²) in [6, 6.07) is 13.7. The van der Waals surface area contributed by atoms with Crippen LogP contribution in [0, 0.1) is 6.92 Å². The number of rotatable bonds is 2. The molecule has 138 valence electrons. The van der Waals surface area contributed by atoms with Gasteiger partial charge in [0.2, 0.25) is 5.89 Å². The van der Waals surface area contributed by atoms with Gasteiger partial charge in [0, 0.05) is 36.3 Å². The Kier molecular flexibility index (Phi) is 3.62. The number of fused-ring (bicyclic) bond motifs is 1. The van der Waals surface area contributed by atoms with Crippen LogP contribution < -0.4 is 0 Å². The zero-order chi connectivity index (χ0) is 18.6. The number of aromatic nitrogens is 1. The van der Waals surface area contributed by atoms with Crippen molar-refractivity contribution in [3.63, 3.8) is 0 Å². The highest BCUT2D eigenvalue weighted by Gasteiger charge is 2.50. The molecule has 0 unspecified atom stereocenters. The summed E-state index contributed by atoms with van der Waals surface area (Å²) in [5, 5.41) is 0. The van der Waals surface area contributed by atoms with Crippen molar-refractivity contribution in [2.45, 2.75) is 25.3 Å². The van der Waals surface area contributed by atoms with E-state index < -0.39 is 0 Å². The van der Waals surface area contributed by atoms with Crippen molar-refractivity contribution in [3.05, 3.63) is 53.6 Å². The first-order chi connectivity index (χ1) is 13.0. The van der Waals surface area contributed by atoms with Gasteiger partial charge in [-0.2, -0.15) is 0 Å². The molecule has 27 heavy (non-hydrogen) atoms. The average Bonchev–Trinajstić information content (AvgIpc) is 3.31. The van der Waals surface area contributed by atoms with Crippen molar-refractivity contribution >= 4 is 17.0 Å². The molecular weight excluding hydrogens is 338 g/mol. The van der Waals surface area contributed by atoms with Crippen molar-refractivity contribution < 1.29 is 9.21 Å². The van der Waals surface area contributed by atoms with Crippen LogP contribution >= 0.6 is 0 Å². The van der Waals surface area contributed by atoms with Crippen LogP contribution in [0.1, 0.15) is 28.8 Å². The van der Waals surface area contributed by atoms with E-state index >= 15 is 0 Å². The van der Waals surface area contributed by atoms with Crippen molar-refractivity contribution in [1.82, 2.24) is 14.8 Å². The van der Waals surface area contributed by atoms with E-state index in [1.807, 2.05) is 48.2 Å². The normalized spacial score (nSPS) is 19.0. The van der Waals surface area contributed by atoms with Gasteiger partial charge in [-0.05, 0) is 57.1 Å². The molecule has 1 spiro atoms. The summed E-state index contributed by atoms with van der Waals surface area (Å²) in [5.41, 5.74) is 4.47. The smallest absolute Gasteiger partial charge is 0.254 e. The van der Waals surface area contributed by atoms with Crippen LogP contribution in [-0.4, -0.2) is 52.9 Å². The molecule has 5 rings (SSSR count). The number of amides is 1. The van der Waals surface area contributed by atoms with E-state index in [1.54, 1.807) is 0 Å². The van der Waals surface area contributed by atoms with Crippen molar-refractivity contribution in [2.24, 2.45) is 0 Å². The Morgan fingerprint density at radius 1 is 1.15 bits per heavy atom. The molecule has 2 fully saturated rings. The fraction of sp³-hybridized carbons (Fsp3) is 0.364. The van der Waals surface area contributed by atoms with Gasteiger partial charge in [0.1, 0.15) is 5.52 Å². The highest BCUT2D eigenvalue weighted by molar-refractivity contribution is 5.97. The zero-order valence-corrected chi connectivity index (χ0v) is 15.7. The summed E-state index contributed by atoms with van der Waals surface area (Å²) in [6.45, 7) is 4.59. The maximum absolute atomic E-state index is 13.0. The van der Waals surface area contributed by atoms with Gasteiger partial charge < -0.3 is 9.32 Å². The molecule has 1 amide bonds. The van der Waals surface area contributed by atoms with Gasteiger partial charge in [0.05, 0.1) is 0 Å². The Labute approximate surface area is 158 Å². The van der Waals surface area contributed by atoms with E-state index in [1.165, 1.54) is 12.8 Å². The number of oxazole rings is 1. The lowest BCUT2D eigenvalue weighted by Crippen LogP contribution is -2.54. The molecule has 5 nitrogen and oxygen atoms in total. The monoisotopic (exact) mass is 361 g/mol. The maximum Gasteiger partial charge on any atom is 0.254 e. The number of carbonyl (C=O) groups is 1. The average molecular weight is 361 g/mol. The molecule has 1 saturated carbocycles. The minimum atomic E-state index is 0.0939. The Hall–Kier alpha value is -2.66. The van der Waals surface area contributed by atoms with Crippen LogP contribution in [0.3, 0.4) is 0 Å². The third kappa shape index (κ3) is 2.82. The maximum atomic E-state index is 13.0. The van der Waals surface area contributed by atoms with E-state index in [9.17, 15) is 4.79 Å². The summed E-state index contributed by atoms with van der Waals surface area (Å²) in [6.07, 6.45) is 2.38. The SMILES string of the molecule is Cc1cccc(-c2nc3cc(C(=O)N4CCN(C)C5(CC5)C4)ccc3o2)c1. The van der Waals surface area contributed by atoms with Crippen LogP contribution in [0.4, 0.5) is 0 Å². The van der Waals surface area contributed by atoms with Gasteiger partial charge in [-0.1, -0.05) is 17.7 Å². The number of benzene rings is 2. The van der Waals surface area contributed by atoms with Gasteiger partial charge in [-0.25, -0.2) is 4.98 Å². The van der Waals surface area contributed by atoms with Crippen LogP contribution in [0.5, 0.6) is 0 Å². The molecular formula is C22H23N3O2. The third-order valence-corrected chi connectivity index (χ3v) is 6.01. The summed E-state index contributed by atoms with van der Waals surface area (Å²) in [7, 11) is 2.17. The molecule has 1 aliphatic heterocycles. The largest absolute Gasteiger partial charge is 0.436 e. The molecule has 0 atom stereocenters. The van der Waals surface area contributed by atoms with Gasteiger partial charge in [0.25, 0.3) is 5.91 Å². The number of nitrogens with zero attached hydrogens (tertiary/aromatic N) is 3. The molecule has 2 aliphatic rings. The minimum Gasteiger partial charge on any atom is -0.436 e. The van der Waals surface area contributed by atoms with Gasteiger partial charge >= 0.3 is 0 Å². The van der Waals surface area contributed by atoms with E-state index in [0.29, 0.717) is 17.0 Å². The second-order valence-corrected chi connectivity index (χ2v) is 7.94. The topological polar surface area (TPSA) is 49.6 Å². The molecule has 0 bridgehead atoms. The summed E-state index contributed by atoms with van der Waals surface area (Å²) in [4.78, 5) is 22.1. The fourth-order valence-corrected chi connectivity index (χ4v) is 4.06. The Morgan fingerprint density at radius 2 is 2.00 bits per heavy atom. The fourth-order valence-electron chi connectivity index (χ4n) is 4.06. The molecule has 2 aromatic carbocycles. The quantitative estimate of drug-likeness (QED) is 0.698. The highest BCUT2D eigenvalue weighted by Crippen LogP contribution is 2.43. The third-order valence-electron chi connectivity index (χ3n) is 6.01. The summed E-state index contributed by atoms with van der Waals surface area (Å²) >= 11 is 0. The summed E-state index contributed by atoms with van der Waals surface area (Å²) in [5.74, 6) is 0.686. The lowest BCUT2D eigenvalue weighted by atomic mass is 10.1. The van der Waals surface area contributed by atoms with Crippen LogP contribution in [0.25, 0.3) is 22.6 Å². The minimum absolute atomic E-state index is 0.0939. The molecule has 2 heterocycles. The van der Waals surface area contributed by atoms with Crippen LogP contribution in [-0.2, 0) is 0 Å². The number of piperazine rings is 1. The Balaban J connectivity index is 1.43. The summed E-state index contributed by atoms with van der Waals surface area (Å²) < 4.78 is 5.90. The van der Waals surface area contributed by atoms with E-state index in [-0.39, 0.29) is 11.4 Å². The molecule has 5 heteroatoms. The van der Waals surface area contributed by atoms with Gasteiger partial charge in [-0.3, -0.25) is 9.69 Å². The first-order valence-electron chi connectivity index (χ1n) is 9.52. The predicted molar refractivity (Wildman–Crippen MR) is 105 cm³/mol. The van der Waals surface area contributed by atoms with Crippen molar-refractivity contribution in [1.29, 1.82) is 0 Å². The second kappa shape index (κ2) is 5.92. The number of hydrogen-bond acceptors (Lipinski definition) is 4. The molecule has 1 aromatic heterocycles. The number of hydrogen-bond donors (Lipinski definition) is 0. The van der Waals surface area contributed by atoms with Gasteiger partial charge in [0.15, 0.2) is 5.58 Å². The standard InChI is InChI=1S/C22H23N3O2/c1-15-4-3-5-16(12-15)20-23-18-13-17(6-7-19(18)27-20)21(26)25-11-10-24(2)22(14-25)8-9-22/h3-7,12-13H,8-11,14H2,1-2H3. The molecule has 0 N–H and O–H groups in total. The number of aryl methyl sites for hydroxylation is 1. The lowest BCUT2D eigenvalue weighted by Gasteiger charge is -2.40. The molecule has 3 aromatic rings. The van der Waals surface area contributed by atoms with Crippen LogP contribution in [0.2, 0.25) is 0 Å². The molecule has 1 saturated heterocycles. The highest BCUT2D eigenvalue weighted by atomic mass is 16.3. The van der Waals surface area contributed by atoms with Crippen molar-refractivity contribution in [3.8, 4) is 11.5 Å². The molecule has 0 radical (unpaired) electrons. The van der Waals surface area contributed by atoms with E-state index in [4.69, 9.17) is 4.42 Å². The van der Waals surface area contributed by atoms with E-state index in [0.717, 1.165) is 36.3 Å².